The van der Waals surface area contributed by atoms with E-state index in [1.54, 1.807) is 0 Å². The Kier molecular flexibility index (Phi) is 5.43. The Morgan fingerprint density at radius 3 is 2.82 bits per heavy atom. The van der Waals surface area contributed by atoms with E-state index in [0.717, 1.165) is 41.7 Å². The first-order chi connectivity index (χ1) is 13.2. The summed E-state index contributed by atoms with van der Waals surface area (Å²) in [6.45, 7) is 1.14. The fraction of sp³-hybridized carbons (Fsp3) is 0.273. The molecule has 0 radical (unpaired) electrons. The number of hydrogen-bond donors (Lipinski definition) is 0. The largest absolute Gasteiger partial charge is 1.00 e. The molecule has 2 aliphatic rings. The maximum atomic E-state index is 12.5. The predicted molar refractivity (Wildman–Crippen MR) is 105 cm³/mol. The number of aryl methyl sites for hydroxylation is 1. The summed E-state index contributed by atoms with van der Waals surface area (Å²) in [4.78, 5) is 12.5. The molecule has 0 fully saturated rings. The zero-order chi connectivity index (χ0) is 18.4. The lowest BCUT2D eigenvalue weighted by Crippen LogP contribution is -3.00. The lowest BCUT2D eigenvalue weighted by atomic mass is 10.0. The molecule has 1 aliphatic carbocycles. The van der Waals surface area contributed by atoms with Gasteiger partial charge in [0, 0.05) is 22.0 Å². The van der Waals surface area contributed by atoms with E-state index in [1.165, 1.54) is 16.7 Å². The van der Waals surface area contributed by atoms with Crippen LogP contribution in [0.25, 0.3) is 0 Å². The summed E-state index contributed by atoms with van der Waals surface area (Å²) in [7, 11) is 0. The molecule has 0 N–H and O–H groups in total. The van der Waals surface area contributed by atoms with Crippen molar-refractivity contribution in [1.29, 1.82) is 0 Å². The molecule has 0 amide bonds. The summed E-state index contributed by atoms with van der Waals surface area (Å²) < 4.78 is 10.9. The van der Waals surface area contributed by atoms with Crippen molar-refractivity contribution in [3.63, 3.8) is 0 Å². The monoisotopic (exact) mass is 502 g/mol. The molecular formula is C22H20Br2N2O2. The Labute approximate surface area is 183 Å². The predicted octanol–water partition coefficient (Wildman–Crippen LogP) is 0.895. The van der Waals surface area contributed by atoms with Gasteiger partial charge in [0.25, 0.3) is 0 Å². The minimum atomic E-state index is 0. The van der Waals surface area contributed by atoms with E-state index in [1.807, 2.05) is 41.4 Å². The van der Waals surface area contributed by atoms with E-state index in [9.17, 15) is 4.79 Å². The van der Waals surface area contributed by atoms with Crippen molar-refractivity contribution in [2.45, 2.75) is 31.8 Å². The van der Waals surface area contributed by atoms with Crippen LogP contribution >= 0.6 is 15.9 Å². The Balaban J connectivity index is 0.00000192. The molecule has 6 heteroatoms. The number of aromatic nitrogens is 2. The minimum absolute atomic E-state index is 0. The molecule has 144 valence electrons. The van der Waals surface area contributed by atoms with Gasteiger partial charge in [-0.15, -0.1) is 0 Å². The zero-order valence-corrected chi connectivity index (χ0v) is 18.4. The Morgan fingerprint density at radius 1 is 1.18 bits per heavy atom. The van der Waals surface area contributed by atoms with Gasteiger partial charge in [0.15, 0.2) is 6.54 Å². The third-order valence-electron chi connectivity index (χ3n) is 5.56. The van der Waals surface area contributed by atoms with Gasteiger partial charge in [0.1, 0.15) is 24.2 Å². The zero-order valence-electron chi connectivity index (χ0n) is 15.3. The van der Waals surface area contributed by atoms with E-state index < -0.39 is 0 Å². The molecule has 1 unspecified atom stereocenters. The number of ketones is 1. The average molecular weight is 504 g/mol. The molecule has 0 saturated carbocycles. The number of nitrogens with zero attached hydrogens (tertiary/aromatic N) is 2. The van der Waals surface area contributed by atoms with Crippen LogP contribution in [-0.4, -0.2) is 17.0 Å². The molecule has 2 aromatic carbocycles. The van der Waals surface area contributed by atoms with E-state index in [0.29, 0.717) is 12.6 Å². The summed E-state index contributed by atoms with van der Waals surface area (Å²) in [5.41, 5.74) is 4.88. The molecule has 1 aromatic heterocycles. The van der Waals surface area contributed by atoms with E-state index in [4.69, 9.17) is 4.74 Å². The molecule has 0 spiro atoms. The van der Waals surface area contributed by atoms with E-state index in [-0.39, 0.29) is 22.8 Å². The number of carbonyl (C=O) groups excluding carboxylic acids is 1. The molecular weight excluding hydrogens is 484 g/mol. The molecule has 5 rings (SSSR count). The van der Waals surface area contributed by atoms with Gasteiger partial charge in [-0.05, 0) is 42.2 Å². The molecule has 1 atom stereocenters. The van der Waals surface area contributed by atoms with Crippen LogP contribution in [0.2, 0.25) is 0 Å². The first-order valence-corrected chi connectivity index (χ1v) is 10.1. The number of fused-ring (bicyclic) bond motifs is 2. The fourth-order valence-electron chi connectivity index (χ4n) is 4.16. The summed E-state index contributed by atoms with van der Waals surface area (Å²) in [5, 5.41) is 0. The summed E-state index contributed by atoms with van der Waals surface area (Å²) >= 11 is 3.41. The van der Waals surface area contributed by atoms with Crippen LogP contribution in [0.3, 0.4) is 0 Å². The molecule has 4 nitrogen and oxygen atoms in total. The second-order valence-corrected chi connectivity index (χ2v) is 8.19. The molecule has 1 aliphatic heterocycles. The van der Waals surface area contributed by atoms with Crippen LogP contribution < -0.4 is 26.3 Å². The quantitative estimate of drug-likeness (QED) is 0.391. The van der Waals surface area contributed by atoms with Crippen LogP contribution in [0.15, 0.2) is 59.6 Å². The van der Waals surface area contributed by atoms with Crippen molar-refractivity contribution < 1.29 is 31.1 Å². The Morgan fingerprint density at radius 2 is 2.00 bits per heavy atom. The number of carbonyl (C=O) groups is 1. The number of halogens is 2. The van der Waals surface area contributed by atoms with Crippen LogP contribution in [0.5, 0.6) is 5.75 Å². The van der Waals surface area contributed by atoms with Crippen LogP contribution in [0, 0.1) is 0 Å². The summed E-state index contributed by atoms with van der Waals surface area (Å²) in [6.07, 6.45) is 9.32. The van der Waals surface area contributed by atoms with Gasteiger partial charge in [-0.2, -0.15) is 0 Å². The average Bonchev–Trinajstić information content (AvgIpc) is 3.39. The van der Waals surface area contributed by atoms with Gasteiger partial charge in [0.2, 0.25) is 12.1 Å². The van der Waals surface area contributed by atoms with Crippen molar-refractivity contribution in [1.82, 2.24) is 4.57 Å². The molecule has 28 heavy (non-hydrogen) atoms. The SMILES string of the molecule is O=C(C[n+]1ccn(C2CCc3cc4c(cc32)OCC4)c1)c1ccc(Br)cc1.[Br-]. The lowest BCUT2D eigenvalue weighted by Gasteiger charge is -2.09. The smallest absolute Gasteiger partial charge is 0.244 e. The molecule has 0 saturated heterocycles. The Bertz CT molecular complexity index is 1030. The van der Waals surface area contributed by atoms with Gasteiger partial charge < -0.3 is 21.7 Å². The number of ether oxygens (including phenoxy) is 1. The van der Waals surface area contributed by atoms with Crippen molar-refractivity contribution >= 4 is 21.7 Å². The third-order valence-corrected chi connectivity index (χ3v) is 6.09. The van der Waals surface area contributed by atoms with Gasteiger partial charge in [0.05, 0.1) is 6.61 Å². The standard InChI is InChI=1S/C22H20BrN2O2.BrH/c23-18-4-1-15(2-5-18)21(26)13-24-8-9-25(14-24)20-6-3-16-11-17-7-10-27-22(17)12-19(16)20;/h1-2,4-5,8-9,11-12,14,20H,3,6-7,10,13H2;1H/q+1;/p-1. The lowest BCUT2D eigenvalue weighted by molar-refractivity contribution is -0.682. The number of hydrogen-bond acceptors (Lipinski definition) is 2. The van der Waals surface area contributed by atoms with Crippen molar-refractivity contribution in [2.24, 2.45) is 0 Å². The van der Waals surface area contributed by atoms with Gasteiger partial charge in [-0.25, -0.2) is 9.13 Å². The van der Waals surface area contributed by atoms with Crippen molar-refractivity contribution in [3.05, 3.63) is 81.8 Å². The number of benzene rings is 2. The van der Waals surface area contributed by atoms with Gasteiger partial charge in [-0.3, -0.25) is 4.79 Å². The fourth-order valence-corrected chi connectivity index (χ4v) is 4.42. The maximum Gasteiger partial charge on any atom is 0.244 e. The first kappa shape index (κ1) is 19.4. The van der Waals surface area contributed by atoms with Crippen molar-refractivity contribution in [2.75, 3.05) is 6.61 Å². The summed E-state index contributed by atoms with van der Waals surface area (Å²) in [5.74, 6) is 1.16. The Hall–Kier alpha value is -1.92. The van der Waals surface area contributed by atoms with Gasteiger partial charge >= 0.3 is 0 Å². The van der Waals surface area contributed by atoms with Crippen LogP contribution in [0.1, 0.15) is 39.5 Å². The van der Waals surface area contributed by atoms with Crippen LogP contribution in [-0.2, 0) is 19.4 Å². The topological polar surface area (TPSA) is 35.1 Å². The molecule has 3 aromatic rings. The molecule has 0 bridgehead atoms. The highest BCUT2D eigenvalue weighted by Crippen LogP contribution is 2.39. The van der Waals surface area contributed by atoms with Crippen LogP contribution in [0.4, 0.5) is 0 Å². The normalized spacial score (nSPS) is 16.8. The second-order valence-electron chi connectivity index (χ2n) is 7.27. The van der Waals surface area contributed by atoms with Gasteiger partial charge in [-0.1, -0.05) is 34.1 Å². The van der Waals surface area contributed by atoms with E-state index in [2.05, 4.69) is 38.8 Å². The number of imidazole rings is 1. The maximum absolute atomic E-state index is 12.5. The first-order valence-electron chi connectivity index (χ1n) is 9.31. The van der Waals surface area contributed by atoms with E-state index >= 15 is 0 Å². The molecule has 2 heterocycles. The second kappa shape index (κ2) is 7.84. The third kappa shape index (κ3) is 3.55. The highest BCUT2D eigenvalue weighted by atomic mass is 79.9. The highest BCUT2D eigenvalue weighted by Gasteiger charge is 2.30. The highest BCUT2D eigenvalue weighted by molar-refractivity contribution is 9.10. The van der Waals surface area contributed by atoms with Crippen molar-refractivity contribution in [3.8, 4) is 5.75 Å². The number of rotatable bonds is 4. The minimum Gasteiger partial charge on any atom is -1.00 e. The summed E-state index contributed by atoms with van der Waals surface area (Å²) in [6, 6.07) is 12.4. The number of Topliss-reactive ketones (excluding diaryl/α,β-unsaturated/α-hetero) is 1.